The Morgan fingerprint density at radius 3 is 2.42 bits per heavy atom. The zero-order valence-corrected chi connectivity index (χ0v) is 23.8. The van der Waals surface area contributed by atoms with Crippen LogP contribution in [0.15, 0.2) is 17.3 Å². The molecule has 1 amide bonds. The first-order chi connectivity index (χ1) is 18.4. The maximum Gasteiger partial charge on any atom is 0.341 e. The molecule has 38 heavy (non-hydrogen) atoms. The zero-order chi connectivity index (χ0) is 27.2. The topological polar surface area (TPSA) is 114 Å². The first kappa shape index (κ1) is 27.8. The summed E-state index contributed by atoms with van der Waals surface area (Å²) < 4.78 is 23.4. The Hall–Kier alpha value is -3.25. The molecule has 10 nitrogen and oxygen atoms in total. The van der Waals surface area contributed by atoms with Crippen molar-refractivity contribution in [3.63, 3.8) is 0 Å². The summed E-state index contributed by atoms with van der Waals surface area (Å²) >= 11 is 2.74. The summed E-state index contributed by atoms with van der Waals surface area (Å²) in [6, 6.07) is 3.59. The highest BCUT2D eigenvalue weighted by Crippen LogP contribution is 2.41. The maximum atomic E-state index is 12.9. The molecule has 1 aromatic carbocycles. The van der Waals surface area contributed by atoms with E-state index in [-0.39, 0.29) is 24.2 Å². The van der Waals surface area contributed by atoms with Crippen molar-refractivity contribution in [3.8, 4) is 28.6 Å². The largest absolute Gasteiger partial charge is 0.493 e. The fourth-order valence-electron chi connectivity index (χ4n) is 4.44. The summed E-state index contributed by atoms with van der Waals surface area (Å²) in [6.45, 7) is 2.07. The number of carbonyl (C=O) groups excluding carboxylic acids is 2. The summed E-state index contributed by atoms with van der Waals surface area (Å²) in [7, 11) is 6.48. The van der Waals surface area contributed by atoms with Gasteiger partial charge in [0.2, 0.25) is 11.7 Å². The molecule has 0 fully saturated rings. The fraction of sp³-hybridized carbons (Fsp3) is 0.462. The van der Waals surface area contributed by atoms with Gasteiger partial charge in [0.15, 0.2) is 22.5 Å². The van der Waals surface area contributed by atoms with E-state index in [9.17, 15) is 9.59 Å². The zero-order valence-electron chi connectivity index (χ0n) is 22.2. The molecule has 0 unspecified atom stereocenters. The van der Waals surface area contributed by atoms with E-state index in [1.54, 1.807) is 45.0 Å². The Labute approximate surface area is 230 Å². The van der Waals surface area contributed by atoms with E-state index in [0.717, 1.165) is 48.1 Å². The van der Waals surface area contributed by atoms with Crippen molar-refractivity contribution >= 4 is 40.0 Å². The molecule has 2 heterocycles. The molecule has 1 aliphatic carbocycles. The number of anilines is 1. The van der Waals surface area contributed by atoms with E-state index < -0.39 is 0 Å². The molecule has 3 aromatic rings. The maximum absolute atomic E-state index is 12.9. The van der Waals surface area contributed by atoms with Gasteiger partial charge in [-0.05, 0) is 50.3 Å². The van der Waals surface area contributed by atoms with Crippen molar-refractivity contribution in [2.45, 2.75) is 44.2 Å². The van der Waals surface area contributed by atoms with Crippen LogP contribution in [0.4, 0.5) is 5.00 Å². The van der Waals surface area contributed by atoms with Crippen molar-refractivity contribution in [2.24, 2.45) is 7.05 Å². The first-order valence-corrected chi connectivity index (χ1v) is 14.2. The predicted octanol–water partition coefficient (Wildman–Crippen LogP) is 4.75. The SMILES string of the molecule is CCOC(=O)c1c(NC(=O)CSc2nnc(-c3cc(OC)c(OC)c(OC)c3)n2C)sc2c1CCCCC2. The molecule has 0 aliphatic heterocycles. The summed E-state index contributed by atoms with van der Waals surface area (Å²) in [5, 5.41) is 12.7. The average molecular weight is 561 g/mol. The number of ether oxygens (including phenoxy) is 4. The van der Waals surface area contributed by atoms with Crippen LogP contribution in [0.1, 0.15) is 47.0 Å². The van der Waals surface area contributed by atoms with E-state index in [1.165, 1.54) is 23.1 Å². The number of benzene rings is 1. The van der Waals surface area contributed by atoms with Crippen LogP contribution in [-0.4, -0.2) is 60.3 Å². The van der Waals surface area contributed by atoms with Gasteiger partial charge in [-0.1, -0.05) is 18.2 Å². The van der Waals surface area contributed by atoms with Crippen molar-refractivity contribution in [3.05, 3.63) is 28.1 Å². The number of hydrogen-bond acceptors (Lipinski definition) is 10. The van der Waals surface area contributed by atoms with E-state index in [2.05, 4.69) is 15.5 Å². The number of nitrogens with one attached hydrogen (secondary N) is 1. The number of thiophene rings is 1. The highest BCUT2D eigenvalue weighted by molar-refractivity contribution is 7.99. The number of amides is 1. The lowest BCUT2D eigenvalue weighted by Crippen LogP contribution is -2.17. The minimum Gasteiger partial charge on any atom is -0.493 e. The number of aromatic nitrogens is 3. The number of rotatable bonds is 10. The van der Waals surface area contributed by atoms with Gasteiger partial charge in [0.25, 0.3) is 0 Å². The molecular formula is C26H32N4O6S2. The van der Waals surface area contributed by atoms with Crippen LogP contribution in [-0.2, 0) is 29.4 Å². The van der Waals surface area contributed by atoms with Crippen LogP contribution in [0.2, 0.25) is 0 Å². The van der Waals surface area contributed by atoms with Gasteiger partial charge in [-0.3, -0.25) is 4.79 Å². The number of methoxy groups -OCH3 is 3. The highest BCUT2D eigenvalue weighted by atomic mass is 32.2. The lowest BCUT2D eigenvalue weighted by atomic mass is 10.1. The van der Waals surface area contributed by atoms with Crippen LogP contribution < -0.4 is 19.5 Å². The smallest absolute Gasteiger partial charge is 0.341 e. The second-order valence-electron chi connectivity index (χ2n) is 8.61. The average Bonchev–Trinajstić information content (AvgIpc) is 3.36. The van der Waals surface area contributed by atoms with Gasteiger partial charge >= 0.3 is 5.97 Å². The molecule has 0 saturated heterocycles. The molecule has 1 aliphatic rings. The Bertz CT molecular complexity index is 1290. The molecule has 4 rings (SSSR count). The van der Waals surface area contributed by atoms with Gasteiger partial charge in [0, 0.05) is 17.5 Å². The Morgan fingerprint density at radius 2 is 1.76 bits per heavy atom. The minimum atomic E-state index is -0.377. The molecule has 0 radical (unpaired) electrons. The number of carbonyl (C=O) groups is 2. The lowest BCUT2D eigenvalue weighted by molar-refractivity contribution is -0.113. The third-order valence-electron chi connectivity index (χ3n) is 6.24. The molecule has 2 aromatic heterocycles. The van der Waals surface area contributed by atoms with Gasteiger partial charge in [-0.15, -0.1) is 21.5 Å². The fourth-order valence-corrected chi connectivity index (χ4v) is 6.45. The normalized spacial score (nSPS) is 12.9. The van der Waals surface area contributed by atoms with Crippen LogP contribution in [0.3, 0.4) is 0 Å². The highest BCUT2D eigenvalue weighted by Gasteiger charge is 2.27. The number of fused-ring (bicyclic) bond motifs is 1. The van der Waals surface area contributed by atoms with Crippen LogP contribution in [0, 0.1) is 0 Å². The van der Waals surface area contributed by atoms with E-state index in [1.807, 2.05) is 7.05 Å². The number of nitrogens with zero attached hydrogens (tertiary/aromatic N) is 3. The molecule has 0 atom stereocenters. The predicted molar refractivity (Wildman–Crippen MR) is 147 cm³/mol. The van der Waals surface area contributed by atoms with Crippen molar-refractivity contribution < 1.29 is 28.5 Å². The Kier molecular flexibility index (Phi) is 9.16. The summed E-state index contributed by atoms with van der Waals surface area (Å²) in [6.07, 6.45) is 4.99. The van der Waals surface area contributed by atoms with Gasteiger partial charge < -0.3 is 28.8 Å². The van der Waals surface area contributed by atoms with Crippen molar-refractivity contribution in [1.29, 1.82) is 0 Å². The quantitative estimate of drug-likeness (QED) is 0.213. The number of aryl methyl sites for hydroxylation is 1. The lowest BCUT2D eigenvalue weighted by Gasteiger charge is -2.14. The third-order valence-corrected chi connectivity index (χ3v) is 8.47. The number of esters is 1. The van der Waals surface area contributed by atoms with E-state index >= 15 is 0 Å². The van der Waals surface area contributed by atoms with Gasteiger partial charge in [0.05, 0.1) is 39.3 Å². The minimum absolute atomic E-state index is 0.103. The van der Waals surface area contributed by atoms with Crippen molar-refractivity contribution in [1.82, 2.24) is 14.8 Å². The molecule has 0 bridgehead atoms. The van der Waals surface area contributed by atoms with Gasteiger partial charge in [-0.25, -0.2) is 4.79 Å². The second kappa shape index (κ2) is 12.5. The van der Waals surface area contributed by atoms with Gasteiger partial charge in [0.1, 0.15) is 5.00 Å². The van der Waals surface area contributed by atoms with E-state index in [0.29, 0.717) is 38.8 Å². The number of thioether (sulfide) groups is 1. The molecule has 0 saturated carbocycles. The molecule has 204 valence electrons. The van der Waals surface area contributed by atoms with Crippen LogP contribution in [0.25, 0.3) is 11.4 Å². The third kappa shape index (κ3) is 5.75. The Morgan fingerprint density at radius 1 is 1.05 bits per heavy atom. The molecular weight excluding hydrogens is 528 g/mol. The van der Waals surface area contributed by atoms with Crippen molar-refractivity contribution in [2.75, 3.05) is 39.0 Å². The molecule has 1 N–H and O–H groups in total. The monoisotopic (exact) mass is 560 g/mol. The Balaban J connectivity index is 1.50. The van der Waals surface area contributed by atoms with Crippen LogP contribution >= 0.6 is 23.1 Å². The van der Waals surface area contributed by atoms with Crippen LogP contribution in [0.5, 0.6) is 17.2 Å². The second-order valence-corrected chi connectivity index (χ2v) is 10.7. The summed E-state index contributed by atoms with van der Waals surface area (Å²) in [5.74, 6) is 1.58. The van der Waals surface area contributed by atoms with E-state index in [4.69, 9.17) is 18.9 Å². The molecule has 0 spiro atoms. The summed E-state index contributed by atoms with van der Waals surface area (Å²) in [5.41, 5.74) is 2.26. The standard InChI is InChI=1S/C26H32N4O6S2/c1-6-36-25(32)21-16-10-8-7-9-11-19(16)38-24(21)27-20(31)14-37-26-29-28-23(30(26)2)15-12-17(33-3)22(35-5)18(13-15)34-4/h12-13H,6-11,14H2,1-5H3,(H,27,31). The molecule has 12 heteroatoms. The van der Waals surface area contributed by atoms with Gasteiger partial charge in [-0.2, -0.15) is 0 Å². The first-order valence-electron chi connectivity index (χ1n) is 12.4. The summed E-state index contributed by atoms with van der Waals surface area (Å²) in [4.78, 5) is 26.9. The number of hydrogen-bond donors (Lipinski definition) is 1.